The molecule has 0 aliphatic carbocycles. The summed E-state index contributed by atoms with van der Waals surface area (Å²) < 4.78 is 10.8. The summed E-state index contributed by atoms with van der Waals surface area (Å²) in [5.41, 5.74) is 2.77. The topological polar surface area (TPSA) is 141 Å². The van der Waals surface area contributed by atoms with Gasteiger partial charge in [-0.15, -0.1) is 0 Å². The Morgan fingerprint density at radius 3 is 2.69 bits per heavy atom. The highest BCUT2D eigenvalue weighted by Crippen LogP contribution is 2.40. The van der Waals surface area contributed by atoms with E-state index in [0.717, 1.165) is 51.4 Å². The highest BCUT2D eigenvalue weighted by Gasteiger charge is 2.45. The third-order valence-corrected chi connectivity index (χ3v) is 7.25. The lowest BCUT2D eigenvalue weighted by Gasteiger charge is -2.37. The van der Waals surface area contributed by atoms with Crippen molar-refractivity contribution in [1.29, 1.82) is 5.26 Å². The van der Waals surface area contributed by atoms with E-state index in [1.807, 2.05) is 11.0 Å². The van der Waals surface area contributed by atoms with Crippen molar-refractivity contribution in [1.82, 2.24) is 24.8 Å². The van der Waals surface area contributed by atoms with Gasteiger partial charge in [-0.3, -0.25) is 9.69 Å². The van der Waals surface area contributed by atoms with Crippen molar-refractivity contribution >= 4 is 29.2 Å². The van der Waals surface area contributed by atoms with Gasteiger partial charge in [-0.25, -0.2) is 19.9 Å². The van der Waals surface area contributed by atoms with Crippen molar-refractivity contribution in [2.24, 2.45) is 5.41 Å². The predicted octanol–water partition coefficient (Wildman–Crippen LogP) is 2.05. The van der Waals surface area contributed by atoms with E-state index in [9.17, 15) is 10.1 Å². The fourth-order valence-corrected chi connectivity index (χ4v) is 5.10. The SMILES string of the molecule is N#Cc1cc(-c2ccnc(Nc3ccnc(NC(=O)CN4CCOCC4)c3)n2)cnc1N1CCC2(COC2)C1. The normalized spacial score (nSPS) is 18.4. The number of nitrogens with zero attached hydrogens (tertiary/aromatic N) is 7. The molecule has 3 aromatic rings. The van der Waals surface area contributed by atoms with Gasteiger partial charge in [0.1, 0.15) is 17.7 Å². The highest BCUT2D eigenvalue weighted by atomic mass is 16.5. The van der Waals surface area contributed by atoms with Crippen LogP contribution in [0.3, 0.4) is 0 Å². The van der Waals surface area contributed by atoms with Crippen LogP contribution in [-0.2, 0) is 14.3 Å². The minimum absolute atomic E-state index is 0.130. The largest absolute Gasteiger partial charge is 0.380 e. The van der Waals surface area contributed by atoms with Crippen molar-refractivity contribution in [3.8, 4) is 17.3 Å². The van der Waals surface area contributed by atoms with Crippen LogP contribution in [0.15, 0.2) is 42.9 Å². The first kappa shape index (κ1) is 25.1. The van der Waals surface area contributed by atoms with Crippen LogP contribution in [0.25, 0.3) is 11.3 Å². The van der Waals surface area contributed by atoms with Crippen molar-refractivity contribution in [2.75, 3.05) is 74.7 Å². The zero-order chi connectivity index (χ0) is 26.7. The Hall–Kier alpha value is -4.18. The lowest BCUT2D eigenvalue weighted by molar-refractivity contribution is -0.118. The standard InChI is InChI=1S/C27H29N9O3/c28-13-19-11-20(14-31-25(19)36-6-3-27(16-36)17-39-18-27)22-2-5-30-26(33-22)32-21-1-4-29-23(12-21)34-24(37)15-35-7-9-38-10-8-35/h1-2,4-5,11-12,14H,3,6-10,15-18H2,(H2,29,30,32,33,34,37). The quantitative estimate of drug-likeness (QED) is 0.466. The van der Waals surface area contributed by atoms with Crippen molar-refractivity contribution in [2.45, 2.75) is 6.42 Å². The molecule has 3 aromatic heterocycles. The van der Waals surface area contributed by atoms with Crippen molar-refractivity contribution in [3.05, 3.63) is 48.4 Å². The summed E-state index contributed by atoms with van der Waals surface area (Å²) >= 11 is 0. The molecule has 6 rings (SSSR count). The first-order chi connectivity index (χ1) is 19.1. The molecule has 3 aliphatic heterocycles. The third kappa shape index (κ3) is 5.65. The lowest BCUT2D eigenvalue weighted by Crippen LogP contribution is -2.44. The Bertz CT molecular complexity index is 1400. The van der Waals surface area contributed by atoms with E-state index in [1.165, 1.54) is 0 Å². The molecule has 3 saturated heterocycles. The second-order valence-corrected chi connectivity index (χ2v) is 10.1. The molecule has 0 bridgehead atoms. The number of hydrogen-bond acceptors (Lipinski definition) is 11. The number of rotatable bonds is 7. The Morgan fingerprint density at radius 1 is 1.08 bits per heavy atom. The van der Waals surface area contributed by atoms with E-state index in [-0.39, 0.29) is 11.3 Å². The molecule has 39 heavy (non-hydrogen) atoms. The molecule has 0 atom stereocenters. The minimum atomic E-state index is -0.130. The zero-order valence-electron chi connectivity index (χ0n) is 21.5. The van der Waals surface area contributed by atoms with Crippen LogP contribution in [-0.4, -0.2) is 89.9 Å². The predicted molar refractivity (Wildman–Crippen MR) is 143 cm³/mol. The highest BCUT2D eigenvalue weighted by molar-refractivity contribution is 5.91. The van der Waals surface area contributed by atoms with Crippen LogP contribution in [0.2, 0.25) is 0 Å². The van der Waals surface area contributed by atoms with Gasteiger partial charge in [0.15, 0.2) is 0 Å². The molecule has 0 saturated carbocycles. The average Bonchev–Trinajstić information content (AvgIpc) is 3.40. The number of carbonyl (C=O) groups excluding carboxylic acids is 1. The number of anilines is 4. The van der Waals surface area contributed by atoms with Crippen LogP contribution >= 0.6 is 0 Å². The van der Waals surface area contributed by atoms with Crippen LogP contribution in [0.1, 0.15) is 12.0 Å². The molecule has 0 unspecified atom stereocenters. The van der Waals surface area contributed by atoms with Gasteiger partial charge < -0.3 is 25.0 Å². The van der Waals surface area contributed by atoms with E-state index < -0.39 is 0 Å². The molecule has 6 heterocycles. The number of nitrogens with one attached hydrogen (secondary N) is 2. The first-order valence-electron chi connectivity index (χ1n) is 13.0. The van der Waals surface area contributed by atoms with Gasteiger partial charge in [-0.1, -0.05) is 0 Å². The summed E-state index contributed by atoms with van der Waals surface area (Å²) in [4.78, 5) is 34.5. The summed E-state index contributed by atoms with van der Waals surface area (Å²) in [5, 5.41) is 15.9. The van der Waals surface area contributed by atoms with Gasteiger partial charge in [0.25, 0.3) is 0 Å². The van der Waals surface area contributed by atoms with Gasteiger partial charge in [0.05, 0.1) is 44.2 Å². The second-order valence-electron chi connectivity index (χ2n) is 10.1. The average molecular weight is 528 g/mol. The van der Waals surface area contributed by atoms with Crippen molar-refractivity contribution < 1.29 is 14.3 Å². The molecule has 0 aromatic carbocycles. The number of hydrogen-bond donors (Lipinski definition) is 2. The molecular formula is C27H29N9O3. The Balaban J connectivity index is 1.13. The maximum Gasteiger partial charge on any atom is 0.239 e. The Morgan fingerprint density at radius 2 is 1.92 bits per heavy atom. The van der Waals surface area contributed by atoms with Crippen LogP contribution in [0.4, 0.5) is 23.3 Å². The van der Waals surface area contributed by atoms with Crippen LogP contribution < -0.4 is 15.5 Å². The monoisotopic (exact) mass is 527 g/mol. The van der Waals surface area contributed by atoms with E-state index in [4.69, 9.17) is 9.47 Å². The number of carbonyl (C=O) groups is 1. The molecule has 12 nitrogen and oxygen atoms in total. The van der Waals surface area contributed by atoms with E-state index >= 15 is 0 Å². The third-order valence-electron chi connectivity index (χ3n) is 7.25. The molecule has 200 valence electrons. The molecular weight excluding hydrogens is 498 g/mol. The first-order valence-corrected chi connectivity index (χ1v) is 13.0. The molecule has 3 aliphatic rings. The van der Waals surface area contributed by atoms with E-state index in [2.05, 4.69) is 41.5 Å². The molecule has 1 amide bonds. The summed E-state index contributed by atoms with van der Waals surface area (Å²) in [6, 6.07) is 9.41. The minimum Gasteiger partial charge on any atom is -0.380 e. The molecule has 3 fully saturated rings. The number of nitriles is 1. The Kier molecular flexibility index (Phi) is 7.02. The zero-order valence-corrected chi connectivity index (χ0v) is 21.5. The number of ether oxygens (including phenoxy) is 2. The number of pyridine rings is 2. The summed E-state index contributed by atoms with van der Waals surface area (Å²) in [6.45, 7) is 6.31. The number of morpholine rings is 1. The fraction of sp³-hybridized carbons (Fsp3) is 0.407. The maximum absolute atomic E-state index is 12.4. The molecule has 2 N–H and O–H groups in total. The molecule has 12 heteroatoms. The molecule has 0 radical (unpaired) electrons. The summed E-state index contributed by atoms with van der Waals surface area (Å²) in [7, 11) is 0. The number of amides is 1. The van der Waals surface area contributed by atoms with Crippen LogP contribution in [0, 0.1) is 16.7 Å². The van der Waals surface area contributed by atoms with E-state index in [1.54, 1.807) is 36.8 Å². The van der Waals surface area contributed by atoms with Gasteiger partial charge >= 0.3 is 0 Å². The lowest BCUT2D eigenvalue weighted by atomic mass is 9.85. The second kappa shape index (κ2) is 10.9. The summed E-state index contributed by atoms with van der Waals surface area (Å²) in [6.07, 6.45) is 6.06. The van der Waals surface area contributed by atoms with Gasteiger partial charge in [0, 0.05) is 67.5 Å². The summed E-state index contributed by atoms with van der Waals surface area (Å²) in [5.74, 6) is 1.38. The smallest absolute Gasteiger partial charge is 0.239 e. The Labute approximate surface area is 226 Å². The number of aromatic nitrogens is 4. The van der Waals surface area contributed by atoms with Gasteiger partial charge in [-0.05, 0) is 24.6 Å². The molecule has 1 spiro atoms. The van der Waals surface area contributed by atoms with Gasteiger partial charge in [-0.2, -0.15) is 5.26 Å². The maximum atomic E-state index is 12.4. The van der Waals surface area contributed by atoms with E-state index in [0.29, 0.717) is 54.3 Å². The van der Waals surface area contributed by atoms with Crippen molar-refractivity contribution in [3.63, 3.8) is 0 Å². The fourth-order valence-electron chi connectivity index (χ4n) is 5.10. The van der Waals surface area contributed by atoms with Gasteiger partial charge in [0.2, 0.25) is 11.9 Å². The van der Waals surface area contributed by atoms with Crippen LogP contribution in [0.5, 0.6) is 0 Å².